The van der Waals surface area contributed by atoms with Gasteiger partial charge in [0.2, 0.25) is 0 Å². The summed E-state index contributed by atoms with van der Waals surface area (Å²) in [6.07, 6.45) is 0. The van der Waals surface area contributed by atoms with E-state index in [-0.39, 0.29) is 19.5 Å². The second-order valence-corrected chi connectivity index (χ2v) is 24.8. The summed E-state index contributed by atoms with van der Waals surface area (Å²) in [6.45, 7) is 24.0. The van der Waals surface area contributed by atoms with Crippen molar-refractivity contribution in [1.82, 2.24) is 8.46 Å². The van der Waals surface area contributed by atoms with Gasteiger partial charge in [-0.05, 0) is 14.1 Å². The van der Waals surface area contributed by atoms with Gasteiger partial charge in [-0.1, -0.05) is 65.5 Å². The smallest absolute Gasteiger partial charge is 0.111 e. The predicted molar refractivity (Wildman–Crippen MR) is 100.0 cm³/mol. The summed E-state index contributed by atoms with van der Waals surface area (Å²) >= 11 is 0. The van der Waals surface area contributed by atoms with Crippen molar-refractivity contribution in [3.8, 4) is 0 Å². The van der Waals surface area contributed by atoms with Crippen LogP contribution < -0.4 is 0 Å². The summed E-state index contributed by atoms with van der Waals surface area (Å²) in [5.74, 6) is 0. The maximum Gasteiger partial charge on any atom is 0.111 e. The largest absolute Gasteiger partial charge is 0.351 e. The summed E-state index contributed by atoms with van der Waals surface area (Å²) in [4.78, 5) is 0. The molecule has 0 aromatic heterocycles. The number of rotatable bonds is 4. The molecule has 0 aromatic carbocycles. The van der Waals surface area contributed by atoms with Crippen molar-refractivity contribution in [3.63, 3.8) is 0 Å². The van der Waals surface area contributed by atoms with E-state index in [1.165, 1.54) is 0 Å². The summed E-state index contributed by atoms with van der Waals surface area (Å²) in [6, 6.07) is 0. The van der Waals surface area contributed by atoms with E-state index in [1.807, 2.05) is 0 Å². The minimum absolute atomic E-state index is 0. The maximum absolute atomic E-state index is 2.63. The Balaban J connectivity index is -0.000000256. The van der Waals surface area contributed by atoms with Crippen LogP contribution in [-0.4, -0.2) is 56.9 Å². The summed E-state index contributed by atoms with van der Waals surface area (Å²) in [7, 11) is 1.72. The van der Waals surface area contributed by atoms with Gasteiger partial charge in [0, 0.05) is 19.5 Å². The molecule has 19 heavy (non-hydrogen) atoms. The van der Waals surface area contributed by atoms with Crippen molar-refractivity contribution in [3.05, 3.63) is 0 Å². The topological polar surface area (TPSA) is 6.48 Å². The molecule has 0 aliphatic heterocycles. The fourth-order valence-corrected chi connectivity index (χ4v) is 13.9. The van der Waals surface area contributed by atoms with Crippen LogP contribution in [0.1, 0.15) is 0 Å². The van der Waals surface area contributed by atoms with Crippen molar-refractivity contribution in [2.75, 3.05) is 14.1 Å². The van der Waals surface area contributed by atoms with Crippen molar-refractivity contribution >= 4 is 34.4 Å². The molecule has 0 atom stereocenters. The number of nitrogens with zero attached hydrogens (tertiary/aromatic N) is 2. The first kappa shape index (κ1) is 25.4. The van der Waals surface area contributed by atoms with Crippen molar-refractivity contribution in [1.29, 1.82) is 0 Å². The third-order valence-electron chi connectivity index (χ3n) is 3.67. The van der Waals surface area contributed by atoms with Crippen LogP contribution in [0.5, 0.6) is 0 Å². The predicted octanol–water partition coefficient (Wildman–Crippen LogP) is 3.47. The molecule has 0 saturated carbocycles. The Morgan fingerprint density at radius 3 is 0.737 bits per heavy atom. The van der Waals surface area contributed by atoms with Gasteiger partial charge < -0.3 is 8.46 Å². The van der Waals surface area contributed by atoms with E-state index >= 15 is 0 Å². The zero-order valence-corrected chi connectivity index (χ0v) is 23.0. The molecule has 0 amide bonds. The van der Waals surface area contributed by atoms with Gasteiger partial charge in [-0.3, -0.25) is 0 Å². The Labute approximate surface area is 141 Å². The van der Waals surface area contributed by atoms with Crippen LogP contribution in [0.3, 0.4) is 0 Å². The van der Waals surface area contributed by atoms with Crippen LogP contribution in [0.4, 0.5) is 0 Å². The van der Waals surface area contributed by atoms with Crippen molar-refractivity contribution in [2.24, 2.45) is 0 Å². The van der Waals surface area contributed by atoms with E-state index in [2.05, 4.69) is 88.0 Å². The third kappa shape index (κ3) is 12.8. The molecule has 2 nitrogen and oxygen atoms in total. The standard InChI is InChI=1S/2C6H19NSi2.Zn/c2*1-7(8(2)3)9(4,5)6;/h2*8H,1-6H3;. The van der Waals surface area contributed by atoms with Crippen molar-refractivity contribution in [2.45, 2.75) is 65.5 Å². The van der Waals surface area contributed by atoms with Crippen molar-refractivity contribution < 1.29 is 19.5 Å². The number of hydrogen-bond acceptors (Lipinski definition) is 2. The Morgan fingerprint density at radius 1 is 0.579 bits per heavy atom. The van der Waals surface area contributed by atoms with Gasteiger partial charge in [-0.25, -0.2) is 0 Å². The quantitative estimate of drug-likeness (QED) is 0.681. The third-order valence-corrected chi connectivity index (χ3v) is 18.7. The Kier molecular flexibility index (Phi) is 13.6. The zero-order valence-electron chi connectivity index (χ0n) is 15.8. The molecule has 0 saturated heterocycles. The van der Waals surface area contributed by atoms with Gasteiger partial charge in [-0.15, -0.1) is 0 Å². The molecule has 0 N–H and O–H groups in total. The van der Waals surface area contributed by atoms with E-state index in [0.717, 1.165) is 0 Å². The van der Waals surface area contributed by atoms with E-state index in [1.54, 1.807) is 0 Å². The van der Waals surface area contributed by atoms with Crippen LogP contribution >= 0.6 is 0 Å². The monoisotopic (exact) mass is 386 g/mol. The molecule has 0 unspecified atom stereocenters. The Bertz CT molecular complexity index is 201. The van der Waals surface area contributed by atoms with Gasteiger partial charge in [0.15, 0.2) is 0 Å². The second kappa shape index (κ2) is 10.2. The Hall–Kier alpha value is 1.41. The van der Waals surface area contributed by atoms with Crippen LogP contribution in [0, 0.1) is 0 Å². The minimum Gasteiger partial charge on any atom is -0.351 e. The fraction of sp³-hybridized carbons (Fsp3) is 1.00. The first-order chi connectivity index (χ1) is 7.71. The van der Waals surface area contributed by atoms with Crippen LogP contribution in [0.15, 0.2) is 0 Å². The molecule has 0 fully saturated rings. The van der Waals surface area contributed by atoms with E-state index in [9.17, 15) is 0 Å². The Morgan fingerprint density at radius 2 is 0.737 bits per heavy atom. The van der Waals surface area contributed by atoms with Gasteiger partial charge in [-0.2, -0.15) is 0 Å². The minimum atomic E-state index is -0.929. The molecule has 0 spiro atoms. The second-order valence-electron chi connectivity index (χ2n) is 7.75. The molecule has 0 bridgehead atoms. The molecule has 114 valence electrons. The first-order valence-corrected chi connectivity index (χ1v) is 19.7. The number of hydrogen-bond donors (Lipinski definition) is 0. The van der Waals surface area contributed by atoms with Gasteiger partial charge in [0.25, 0.3) is 0 Å². The average Bonchev–Trinajstić information content (AvgIpc) is 2.13. The summed E-state index contributed by atoms with van der Waals surface area (Å²) in [5.41, 5.74) is 0. The molecule has 0 rings (SSSR count). The van der Waals surface area contributed by atoms with Gasteiger partial charge >= 0.3 is 0 Å². The molecule has 0 aromatic rings. The van der Waals surface area contributed by atoms with Crippen LogP contribution in [-0.2, 0) is 19.5 Å². The average molecular weight is 388 g/mol. The zero-order chi connectivity index (χ0) is 15.3. The van der Waals surface area contributed by atoms with E-state index < -0.39 is 34.4 Å². The molecule has 0 heterocycles. The first-order valence-electron chi connectivity index (χ1n) is 7.17. The molecule has 0 aliphatic carbocycles. The summed E-state index contributed by atoms with van der Waals surface area (Å²) < 4.78 is 5.26. The van der Waals surface area contributed by atoms with E-state index in [4.69, 9.17) is 0 Å². The molecule has 7 heteroatoms. The van der Waals surface area contributed by atoms with Gasteiger partial charge in [0.05, 0.1) is 17.9 Å². The fourth-order valence-electron chi connectivity index (χ4n) is 1.55. The van der Waals surface area contributed by atoms with Gasteiger partial charge in [0.1, 0.15) is 16.5 Å². The van der Waals surface area contributed by atoms with E-state index in [0.29, 0.717) is 0 Å². The van der Waals surface area contributed by atoms with Crippen LogP contribution in [0.25, 0.3) is 0 Å². The maximum atomic E-state index is 2.63. The summed E-state index contributed by atoms with van der Waals surface area (Å²) in [5, 5.41) is 0. The molecule has 0 aliphatic rings. The SMILES string of the molecule is CN([SiH](C)C)[Si](C)(C)C.CN([SiH](C)C)[Si](C)(C)C.[Zn]. The molecular formula is C12H38N2Si4Zn. The normalized spacial score (nSPS) is 12.6. The molecule has 0 radical (unpaired) electrons. The van der Waals surface area contributed by atoms with Crippen LogP contribution in [0.2, 0.25) is 65.5 Å². The molecular weight excluding hydrogens is 350 g/mol.